The van der Waals surface area contributed by atoms with Gasteiger partial charge in [0.05, 0.1) is 0 Å². The molecule has 1 aliphatic heterocycles. The molecular weight excluding hydrogens is 290 g/mol. The van der Waals surface area contributed by atoms with E-state index in [1.807, 2.05) is 47.4 Å². The van der Waals surface area contributed by atoms with Crippen molar-refractivity contribution in [3.8, 4) is 0 Å². The van der Waals surface area contributed by atoms with Crippen LogP contribution >= 0.6 is 15.9 Å². The Morgan fingerprint density at radius 3 is 2.78 bits per heavy atom. The molecule has 3 rings (SSSR count). The molecule has 90 valence electrons. The first-order chi connectivity index (χ1) is 8.75. The number of amides is 1. The number of fused-ring (bicyclic) bond motifs is 1. The third-order valence-corrected chi connectivity index (χ3v) is 3.70. The lowest BCUT2D eigenvalue weighted by Crippen LogP contribution is -2.28. The van der Waals surface area contributed by atoms with E-state index in [1.165, 1.54) is 5.56 Å². The standard InChI is InChI=1S/C15H12BrNO/c16-13-6-3-5-12(10-13)15(18)17-9-8-11-4-1-2-7-14(11)17/h1-7,10H,8-9H2. The van der Waals surface area contributed by atoms with Gasteiger partial charge < -0.3 is 4.90 Å². The second-order valence-electron chi connectivity index (χ2n) is 4.35. The van der Waals surface area contributed by atoms with Crippen molar-refractivity contribution in [3.05, 3.63) is 64.1 Å². The van der Waals surface area contributed by atoms with Crippen LogP contribution in [0.4, 0.5) is 5.69 Å². The molecule has 0 N–H and O–H groups in total. The molecule has 3 heteroatoms. The monoisotopic (exact) mass is 301 g/mol. The van der Waals surface area contributed by atoms with Gasteiger partial charge in [-0.15, -0.1) is 0 Å². The Morgan fingerprint density at radius 2 is 1.94 bits per heavy atom. The molecule has 2 aromatic rings. The Kier molecular flexibility index (Phi) is 2.92. The molecule has 0 saturated carbocycles. The van der Waals surface area contributed by atoms with E-state index in [1.54, 1.807) is 0 Å². The molecule has 0 aliphatic carbocycles. The van der Waals surface area contributed by atoms with E-state index in [-0.39, 0.29) is 5.91 Å². The number of benzene rings is 2. The first-order valence-electron chi connectivity index (χ1n) is 5.91. The maximum absolute atomic E-state index is 12.5. The van der Waals surface area contributed by atoms with E-state index in [0.29, 0.717) is 0 Å². The Balaban J connectivity index is 1.96. The fraction of sp³-hybridized carbons (Fsp3) is 0.133. The van der Waals surface area contributed by atoms with Crippen LogP contribution in [-0.2, 0) is 6.42 Å². The predicted octanol–water partition coefficient (Wildman–Crippen LogP) is 3.65. The van der Waals surface area contributed by atoms with Gasteiger partial charge in [0.15, 0.2) is 0 Å². The lowest BCUT2D eigenvalue weighted by molar-refractivity contribution is 0.0989. The first-order valence-corrected chi connectivity index (χ1v) is 6.70. The van der Waals surface area contributed by atoms with Gasteiger partial charge in [0, 0.05) is 22.3 Å². The van der Waals surface area contributed by atoms with Crippen LogP contribution in [0.3, 0.4) is 0 Å². The minimum atomic E-state index is 0.0706. The highest BCUT2D eigenvalue weighted by atomic mass is 79.9. The van der Waals surface area contributed by atoms with Crippen molar-refractivity contribution >= 4 is 27.5 Å². The molecule has 1 heterocycles. The summed E-state index contributed by atoms with van der Waals surface area (Å²) in [7, 11) is 0. The number of halogens is 1. The van der Waals surface area contributed by atoms with Gasteiger partial charge in [0.2, 0.25) is 0 Å². The fourth-order valence-electron chi connectivity index (χ4n) is 2.33. The Hall–Kier alpha value is -1.61. The molecule has 2 aromatic carbocycles. The SMILES string of the molecule is O=C(c1cccc(Br)c1)N1CCc2ccccc21. The quantitative estimate of drug-likeness (QED) is 0.787. The summed E-state index contributed by atoms with van der Waals surface area (Å²) in [5.41, 5.74) is 3.02. The molecule has 1 amide bonds. The molecule has 0 unspecified atom stereocenters. The number of carbonyl (C=O) groups excluding carboxylic acids is 1. The van der Waals surface area contributed by atoms with Gasteiger partial charge in [0.1, 0.15) is 0 Å². The van der Waals surface area contributed by atoms with Crippen molar-refractivity contribution in [2.75, 3.05) is 11.4 Å². The molecule has 0 spiro atoms. The van der Waals surface area contributed by atoms with Crippen molar-refractivity contribution < 1.29 is 4.79 Å². The summed E-state index contributed by atoms with van der Waals surface area (Å²) in [6.45, 7) is 0.769. The zero-order valence-corrected chi connectivity index (χ0v) is 11.4. The van der Waals surface area contributed by atoms with Gasteiger partial charge in [-0.25, -0.2) is 0 Å². The summed E-state index contributed by atoms with van der Waals surface area (Å²) < 4.78 is 0.931. The molecule has 1 aliphatic rings. The lowest BCUT2D eigenvalue weighted by atomic mass is 10.1. The van der Waals surface area contributed by atoms with E-state index in [2.05, 4.69) is 22.0 Å². The summed E-state index contributed by atoms with van der Waals surface area (Å²) >= 11 is 3.40. The molecule has 0 radical (unpaired) electrons. The van der Waals surface area contributed by atoms with E-state index in [4.69, 9.17) is 0 Å². The first kappa shape index (κ1) is 11.5. The minimum Gasteiger partial charge on any atom is -0.308 e. The third-order valence-electron chi connectivity index (χ3n) is 3.20. The van der Waals surface area contributed by atoms with Crippen LogP contribution in [0.25, 0.3) is 0 Å². The van der Waals surface area contributed by atoms with E-state index >= 15 is 0 Å². The van der Waals surface area contributed by atoms with Gasteiger partial charge in [0.25, 0.3) is 5.91 Å². The van der Waals surface area contributed by atoms with Crippen LogP contribution in [0.5, 0.6) is 0 Å². The number of rotatable bonds is 1. The molecule has 0 saturated heterocycles. The zero-order valence-electron chi connectivity index (χ0n) is 9.77. The third kappa shape index (κ3) is 1.95. The second kappa shape index (κ2) is 4.58. The van der Waals surface area contributed by atoms with Gasteiger partial charge in [-0.05, 0) is 36.2 Å². The number of carbonyl (C=O) groups is 1. The maximum Gasteiger partial charge on any atom is 0.258 e. The lowest BCUT2D eigenvalue weighted by Gasteiger charge is -2.17. The zero-order chi connectivity index (χ0) is 12.5. The molecule has 0 aromatic heterocycles. The molecule has 18 heavy (non-hydrogen) atoms. The van der Waals surface area contributed by atoms with E-state index < -0.39 is 0 Å². The average Bonchev–Trinajstić information content (AvgIpc) is 2.82. The van der Waals surface area contributed by atoms with Crippen LogP contribution < -0.4 is 4.90 Å². The maximum atomic E-state index is 12.5. The molecule has 2 nitrogen and oxygen atoms in total. The fourth-order valence-corrected chi connectivity index (χ4v) is 2.73. The van der Waals surface area contributed by atoms with E-state index in [9.17, 15) is 4.79 Å². The summed E-state index contributed by atoms with van der Waals surface area (Å²) in [4.78, 5) is 14.3. The highest BCUT2D eigenvalue weighted by Crippen LogP contribution is 2.29. The number of hydrogen-bond donors (Lipinski definition) is 0. The van der Waals surface area contributed by atoms with Crippen molar-refractivity contribution in [1.82, 2.24) is 0 Å². The van der Waals surface area contributed by atoms with Crippen LogP contribution in [0.15, 0.2) is 53.0 Å². The number of nitrogens with zero attached hydrogens (tertiary/aromatic N) is 1. The Bertz CT molecular complexity index is 609. The smallest absolute Gasteiger partial charge is 0.258 e. The summed E-state index contributed by atoms with van der Waals surface area (Å²) in [6, 6.07) is 15.6. The average molecular weight is 302 g/mol. The Morgan fingerprint density at radius 1 is 1.11 bits per heavy atom. The van der Waals surface area contributed by atoms with E-state index in [0.717, 1.165) is 28.7 Å². The molecule has 0 atom stereocenters. The van der Waals surface area contributed by atoms with Crippen molar-refractivity contribution in [2.24, 2.45) is 0 Å². The highest BCUT2D eigenvalue weighted by Gasteiger charge is 2.24. The van der Waals surface area contributed by atoms with Crippen LogP contribution in [0.2, 0.25) is 0 Å². The second-order valence-corrected chi connectivity index (χ2v) is 5.26. The van der Waals surface area contributed by atoms with Gasteiger partial charge >= 0.3 is 0 Å². The van der Waals surface area contributed by atoms with Crippen LogP contribution in [0.1, 0.15) is 15.9 Å². The molecule has 0 bridgehead atoms. The normalized spacial score (nSPS) is 13.5. The van der Waals surface area contributed by atoms with Crippen LogP contribution in [-0.4, -0.2) is 12.5 Å². The number of anilines is 1. The highest BCUT2D eigenvalue weighted by molar-refractivity contribution is 9.10. The minimum absolute atomic E-state index is 0.0706. The summed E-state index contributed by atoms with van der Waals surface area (Å²) in [5.74, 6) is 0.0706. The van der Waals surface area contributed by atoms with Crippen molar-refractivity contribution in [1.29, 1.82) is 0 Å². The predicted molar refractivity (Wildman–Crippen MR) is 76.0 cm³/mol. The van der Waals surface area contributed by atoms with Crippen molar-refractivity contribution in [3.63, 3.8) is 0 Å². The summed E-state index contributed by atoms with van der Waals surface area (Å²) in [5, 5.41) is 0. The Labute approximate surface area is 114 Å². The molecule has 0 fully saturated rings. The summed E-state index contributed by atoms with van der Waals surface area (Å²) in [6.07, 6.45) is 0.940. The largest absolute Gasteiger partial charge is 0.308 e. The van der Waals surface area contributed by atoms with Gasteiger partial charge in [-0.3, -0.25) is 4.79 Å². The topological polar surface area (TPSA) is 20.3 Å². The molecular formula is C15H12BrNO. The number of hydrogen-bond acceptors (Lipinski definition) is 1. The van der Waals surface area contributed by atoms with Crippen molar-refractivity contribution in [2.45, 2.75) is 6.42 Å². The van der Waals surface area contributed by atoms with Gasteiger partial charge in [-0.2, -0.15) is 0 Å². The number of para-hydroxylation sites is 1. The van der Waals surface area contributed by atoms with Gasteiger partial charge in [-0.1, -0.05) is 40.2 Å². The van der Waals surface area contributed by atoms with Crippen LogP contribution in [0, 0.1) is 0 Å².